The minimum Gasteiger partial charge on any atom is -0.487 e. The third-order valence-electron chi connectivity index (χ3n) is 13.0. The molecule has 4 nitrogen and oxygen atoms in total. The molecular formula is C55H42N2O2. The van der Waals surface area contributed by atoms with Crippen LogP contribution in [0.15, 0.2) is 192 Å². The lowest BCUT2D eigenvalue weighted by atomic mass is 9.88. The molecule has 0 amide bonds. The van der Waals surface area contributed by atoms with Gasteiger partial charge in [-0.3, -0.25) is 0 Å². The van der Waals surface area contributed by atoms with Crippen molar-refractivity contribution in [2.75, 3.05) is 9.80 Å². The minimum atomic E-state index is 0.0454. The van der Waals surface area contributed by atoms with E-state index in [2.05, 4.69) is 192 Å². The minimum absolute atomic E-state index is 0.0454. The maximum absolute atomic E-state index is 7.02. The van der Waals surface area contributed by atoms with Crippen molar-refractivity contribution in [3.63, 3.8) is 0 Å². The molecule has 4 heteroatoms. The van der Waals surface area contributed by atoms with E-state index in [4.69, 9.17) is 9.15 Å². The standard InChI is InChI=1S/C55H42N2O2/c1-3-18-36(19-4-1)56(48-30-14-11-28-44-42-26-12-15-32-52(42)58-54(44)48)50-34-46-39-23-8-10-25-41(39)51(35-47(46)38-22-7-9-24-40(38)50)57(37-20-5-2-6-21-37)49-31-17-29-45-43-27-13-16-33-53(43)59-55(45)49/h1-10,12-13,15-27,29,31-35,44,48,54H,11,14,28,30H2. The number of ether oxygens (including phenoxy) is 1. The molecule has 12 rings (SSSR count). The van der Waals surface area contributed by atoms with Gasteiger partial charge < -0.3 is 19.0 Å². The summed E-state index contributed by atoms with van der Waals surface area (Å²) in [6.45, 7) is 0. The Balaban J connectivity index is 1.12. The highest BCUT2D eigenvalue weighted by atomic mass is 16.5. The van der Waals surface area contributed by atoms with Crippen LogP contribution in [0.2, 0.25) is 0 Å². The van der Waals surface area contributed by atoms with E-state index in [1.807, 2.05) is 6.07 Å². The Morgan fingerprint density at radius 1 is 0.424 bits per heavy atom. The zero-order valence-electron chi connectivity index (χ0n) is 32.7. The first-order valence-corrected chi connectivity index (χ1v) is 21.0. The molecule has 59 heavy (non-hydrogen) atoms. The topological polar surface area (TPSA) is 28.9 Å². The lowest BCUT2D eigenvalue weighted by Gasteiger charge is -2.39. The smallest absolute Gasteiger partial charge is 0.159 e. The van der Waals surface area contributed by atoms with E-state index in [0.29, 0.717) is 5.92 Å². The summed E-state index contributed by atoms with van der Waals surface area (Å²) >= 11 is 0. The van der Waals surface area contributed by atoms with Gasteiger partial charge in [0, 0.05) is 44.4 Å². The molecule has 1 fully saturated rings. The molecule has 0 spiro atoms. The van der Waals surface area contributed by atoms with Gasteiger partial charge in [-0.25, -0.2) is 0 Å². The number of anilines is 5. The van der Waals surface area contributed by atoms with Crippen molar-refractivity contribution in [1.29, 1.82) is 0 Å². The monoisotopic (exact) mass is 762 g/mol. The first-order chi connectivity index (χ1) is 29.3. The van der Waals surface area contributed by atoms with Crippen molar-refractivity contribution in [2.45, 2.75) is 43.7 Å². The Labute approximate surface area is 343 Å². The molecular weight excluding hydrogens is 721 g/mol. The van der Waals surface area contributed by atoms with E-state index in [1.165, 1.54) is 55.7 Å². The summed E-state index contributed by atoms with van der Waals surface area (Å²) in [5.41, 5.74) is 8.71. The van der Waals surface area contributed by atoms with Gasteiger partial charge >= 0.3 is 0 Å². The van der Waals surface area contributed by atoms with Gasteiger partial charge in [0.05, 0.1) is 23.1 Å². The molecule has 3 atom stereocenters. The second kappa shape index (κ2) is 13.8. The maximum Gasteiger partial charge on any atom is 0.159 e. The van der Waals surface area contributed by atoms with E-state index < -0.39 is 0 Å². The molecule has 1 saturated carbocycles. The van der Waals surface area contributed by atoms with Crippen LogP contribution in [0.4, 0.5) is 28.4 Å². The SMILES string of the molecule is c1ccc(N(c2cc3c4ccccc4c(N(c4ccccc4)C4CCCCC5c6ccccc6OC54)cc3c3ccccc23)c2cccc3c2oc2ccccc23)cc1. The Morgan fingerprint density at radius 2 is 1.00 bits per heavy atom. The van der Waals surface area contributed by atoms with E-state index in [1.54, 1.807) is 0 Å². The van der Waals surface area contributed by atoms with Crippen LogP contribution in [0.25, 0.3) is 54.3 Å². The summed E-state index contributed by atoms with van der Waals surface area (Å²) in [5.74, 6) is 1.41. The highest BCUT2D eigenvalue weighted by Crippen LogP contribution is 2.51. The van der Waals surface area contributed by atoms with Gasteiger partial charge in [-0.1, -0.05) is 146 Å². The van der Waals surface area contributed by atoms with E-state index in [9.17, 15) is 0 Å². The van der Waals surface area contributed by atoms with Crippen LogP contribution in [-0.4, -0.2) is 12.1 Å². The number of hydrogen-bond acceptors (Lipinski definition) is 4. The Hall–Kier alpha value is -7.04. The predicted molar refractivity (Wildman–Crippen MR) is 245 cm³/mol. The highest BCUT2D eigenvalue weighted by molar-refractivity contribution is 6.24. The number of benzene rings is 9. The molecule has 9 aromatic carbocycles. The van der Waals surface area contributed by atoms with Crippen LogP contribution in [0, 0.1) is 0 Å². The summed E-state index contributed by atoms with van der Waals surface area (Å²) in [4.78, 5) is 5.03. The normalized spacial score (nSPS) is 17.5. The second-order valence-electron chi connectivity index (χ2n) is 16.2. The van der Waals surface area contributed by atoms with Crippen molar-refractivity contribution in [1.82, 2.24) is 0 Å². The van der Waals surface area contributed by atoms with Gasteiger partial charge in [0.15, 0.2) is 5.58 Å². The summed E-state index contributed by atoms with van der Waals surface area (Å²) in [6, 6.07) is 68.3. The molecule has 10 aromatic rings. The third kappa shape index (κ3) is 5.43. The van der Waals surface area contributed by atoms with Crippen molar-refractivity contribution in [3.8, 4) is 5.75 Å². The Kier molecular flexibility index (Phi) is 7.97. The molecule has 0 N–H and O–H groups in total. The summed E-state index contributed by atoms with van der Waals surface area (Å²) in [7, 11) is 0. The number of fused-ring (bicyclic) bond motifs is 11. The van der Waals surface area contributed by atoms with Crippen LogP contribution in [0.1, 0.15) is 37.2 Å². The molecule has 1 aliphatic heterocycles. The van der Waals surface area contributed by atoms with Crippen molar-refractivity contribution in [3.05, 3.63) is 194 Å². The fraction of sp³-hybridized carbons (Fsp3) is 0.127. The number of furan rings is 1. The van der Waals surface area contributed by atoms with Gasteiger partial charge in [-0.15, -0.1) is 0 Å². The zero-order chi connectivity index (χ0) is 38.9. The third-order valence-corrected chi connectivity index (χ3v) is 13.0. The second-order valence-corrected chi connectivity index (χ2v) is 16.2. The predicted octanol–water partition coefficient (Wildman–Crippen LogP) is 15.1. The number of hydrogen-bond donors (Lipinski definition) is 0. The Bertz CT molecular complexity index is 3190. The number of nitrogens with zero attached hydrogens (tertiary/aromatic N) is 2. The summed E-state index contributed by atoms with van der Waals surface area (Å²) in [5, 5.41) is 9.51. The van der Waals surface area contributed by atoms with Crippen LogP contribution in [-0.2, 0) is 0 Å². The summed E-state index contributed by atoms with van der Waals surface area (Å²) < 4.78 is 13.7. The molecule has 2 aliphatic rings. The van der Waals surface area contributed by atoms with E-state index in [-0.39, 0.29) is 12.1 Å². The van der Waals surface area contributed by atoms with Gasteiger partial charge in [0.2, 0.25) is 0 Å². The largest absolute Gasteiger partial charge is 0.487 e. The van der Waals surface area contributed by atoms with Gasteiger partial charge in [0.1, 0.15) is 17.4 Å². The summed E-state index contributed by atoms with van der Waals surface area (Å²) in [6.07, 6.45) is 4.60. The quantitative estimate of drug-likeness (QED) is 0.158. The van der Waals surface area contributed by atoms with Crippen molar-refractivity contribution >= 4 is 82.7 Å². The number of para-hydroxylation sites is 5. The molecule has 1 aromatic heterocycles. The molecule has 0 radical (unpaired) electrons. The molecule has 0 bridgehead atoms. The fourth-order valence-electron chi connectivity index (χ4n) is 10.4. The molecule has 284 valence electrons. The Morgan fingerprint density at radius 3 is 1.76 bits per heavy atom. The maximum atomic E-state index is 7.02. The van der Waals surface area contributed by atoms with E-state index >= 15 is 0 Å². The molecule has 1 aliphatic carbocycles. The highest BCUT2D eigenvalue weighted by Gasteiger charge is 2.44. The molecule has 2 heterocycles. The average molecular weight is 763 g/mol. The molecule has 0 saturated heterocycles. The lowest BCUT2D eigenvalue weighted by Crippen LogP contribution is -2.44. The zero-order valence-corrected chi connectivity index (χ0v) is 32.7. The van der Waals surface area contributed by atoms with Crippen molar-refractivity contribution < 1.29 is 9.15 Å². The van der Waals surface area contributed by atoms with Crippen LogP contribution in [0.3, 0.4) is 0 Å². The van der Waals surface area contributed by atoms with Gasteiger partial charge in [0.25, 0.3) is 0 Å². The first kappa shape index (κ1) is 34.0. The van der Waals surface area contributed by atoms with Gasteiger partial charge in [-0.05, 0) is 89.0 Å². The van der Waals surface area contributed by atoms with Crippen LogP contribution >= 0.6 is 0 Å². The molecule has 3 unspecified atom stereocenters. The first-order valence-electron chi connectivity index (χ1n) is 21.0. The van der Waals surface area contributed by atoms with E-state index in [0.717, 1.165) is 64.0 Å². The van der Waals surface area contributed by atoms with Crippen LogP contribution in [0.5, 0.6) is 5.75 Å². The van der Waals surface area contributed by atoms with Gasteiger partial charge in [-0.2, -0.15) is 0 Å². The number of rotatable bonds is 6. The average Bonchev–Trinajstić information content (AvgIpc) is 3.80. The van der Waals surface area contributed by atoms with Crippen LogP contribution < -0.4 is 14.5 Å². The fourth-order valence-corrected chi connectivity index (χ4v) is 10.4. The van der Waals surface area contributed by atoms with Crippen molar-refractivity contribution in [2.24, 2.45) is 0 Å². The lowest BCUT2D eigenvalue weighted by molar-refractivity contribution is 0.173.